The fourth-order valence-corrected chi connectivity index (χ4v) is 4.86. The molecule has 1 saturated heterocycles. The minimum Gasteiger partial charge on any atom is -0.314 e. The van der Waals surface area contributed by atoms with Gasteiger partial charge in [0.1, 0.15) is 0 Å². The summed E-state index contributed by atoms with van der Waals surface area (Å²) >= 11 is 5.63. The van der Waals surface area contributed by atoms with Crippen molar-refractivity contribution in [2.75, 3.05) is 26.2 Å². The van der Waals surface area contributed by atoms with Crippen LogP contribution in [0.25, 0.3) is 0 Å². The van der Waals surface area contributed by atoms with Crippen molar-refractivity contribution in [1.82, 2.24) is 10.2 Å². The van der Waals surface area contributed by atoms with Crippen LogP contribution in [0.2, 0.25) is 0 Å². The van der Waals surface area contributed by atoms with Crippen molar-refractivity contribution < 1.29 is 0 Å². The van der Waals surface area contributed by atoms with Crippen LogP contribution in [0.3, 0.4) is 0 Å². The van der Waals surface area contributed by atoms with Gasteiger partial charge >= 0.3 is 0 Å². The molecule has 3 rings (SSSR count). The molecule has 1 aromatic rings. The van der Waals surface area contributed by atoms with E-state index in [4.69, 9.17) is 0 Å². The predicted octanol–water partition coefficient (Wildman–Crippen LogP) is 3.57. The highest BCUT2D eigenvalue weighted by atomic mass is 79.9. The molecule has 0 bridgehead atoms. The predicted molar refractivity (Wildman–Crippen MR) is 81.3 cm³/mol. The quantitative estimate of drug-likeness (QED) is 0.912. The van der Waals surface area contributed by atoms with Crippen molar-refractivity contribution in [3.63, 3.8) is 0 Å². The number of nitrogens with zero attached hydrogens (tertiary/aromatic N) is 1. The Morgan fingerprint density at radius 3 is 2.61 bits per heavy atom. The lowest BCUT2D eigenvalue weighted by atomic mass is 9.78. The molecular weight excluding hydrogens is 308 g/mol. The molecule has 18 heavy (non-hydrogen) atoms. The lowest BCUT2D eigenvalue weighted by Crippen LogP contribution is -2.47. The first-order chi connectivity index (χ1) is 8.75. The molecule has 2 aliphatic rings. The van der Waals surface area contributed by atoms with Crippen LogP contribution in [0.15, 0.2) is 9.85 Å². The number of aryl methyl sites for hydroxylation is 1. The smallest absolute Gasteiger partial charge is 0.0731 e. The molecule has 0 unspecified atom stereocenters. The minimum atomic E-state index is 0.677. The molecule has 0 radical (unpaired) electrons. The largest absolute Gasteiger partial charge is 0.314 e. The molecule has 2 nitrogen and oxygen atoms in total. The molecule has 1 N–H and O–H groups in total. The van der Waals surface area contributed by atoms with Gasteiger partial charge in [-0.2, -0.15) is 0 Å². The van der Waals surface area contributed by atoms with Crippen LogP contribution in [0.4, 0.5) is 0 Å². The average molecular weight is 329 g/mol. The van der Waals surface area contributed by atoms with Gasteiger partial charge in [-0.15, -0.1) is 11.3 Å². The molecule has 1 aromatic heterocycles. The van der Waals surface area contributed by atoms with E-state index in [9.17, 15) is 0 Å². The van der Waals surface area contributed by atoms with E-state index in [1.807, 2.05) is 11.3 Å². The SMILES string of the molecule is Cc1cc([C@H](C2CCC2)N2CCNCC2)sc1Br. The molecule has 0 spiro atoms. The van der Waals surface area contributed by atoms with Gasteiger partial charge in [0.2, 0.25) is 0 Å². The third-order valence-corrected chi connectivity index (χ3v) is 6.52. The summed E-state index contributed by atoms with van der Waals surface area (Å²) in [6.07, 6.45) is 4.27. The van der Waals surface area contributed by atoms with E-state index in [-0.39, 0.29) is 0 Å². The molecule has 1 saturated carbocycles. The van der Waals surface area contributed by atoms with Crippen LogP contribution in [0.5, 0.6) is 0 Å². The van der Waals surface area contributed by atoms with Crippen molar-refractivity contribution in [3.8, 4) is 0 Å². The lowest BCUT2D eigenvalue weighted by Gasteiger charge is -2.42. The summed E-state index contributed by atoms with van der Waals surface area (Å²) in [6, 6.07) is 3.08. The van der Waals surface area contributed by atoms with Crippen LogP contribution in [0.1, 0.15) is 35.7 Å². The van der Waals surface area contributed by atoms with E-state index >= 15 is 0 Å². The molecule has 1 aliphatic heterocycles. The zero-order valence-electron chi connectivity index (χ0n) is 10.9. The molecule has 2 heterocycles. The van der Waals surface area contributed by atoms with Crippen molar-refractivity contribution >= 4 is 27.3 Å². The maximum atomic E-state index is 3.69. The first kappa shape index (κ1) is 13.1. The van der Waals surface area contributed by atoms with Crippen LogP contribution in [0, 0.1) is 12.8 Å². The number of hydrogen-bond donors (Lipinski definition) is 1. The third kappa shape index (κ3) is 2.53. The Morgan fingerprint density at radius 2 is 2.11 bits per heavy atom. The Hall–Kier alpha value is 0.100. The van der Waals surface area contributed by atoms with Gasteiger partial charge in [-0.1, -0.05) is 6.42 Å². The Morgan fingerprint density at radius 1 is 1.39 bits per heavy atom. The normalized spacial score (nSPS) is 23.9. The Labute approximate surface area is 122 Å². The third-order valence-electron chi connectivity index (χ3n) is 4.31. The van der Waals surface area contributed by atoms with E-state index in [1.165, 1.54) is 41.7 Å². The van der Waals surface area contributed by atoms with Crippen molar-refractivity contribution in [2.24, 2.45) is 5.92 Å². The zero-order valence-corrected chi connectivity index (χ0v) is 13.3. The first-order valence-corrected chi connectivity index (χ1v) is 8.57. The maximum absolute atomic E-state index is 3.69. The number of thiophene rings is 1. The number of halogens is 1. The number of nitrogens with one attached hydrogen (secondary N) is 1. The highest BCUT2D eigenvalue weighted by Crippen LogP contribution is 2.45. The summed E-state index contributed by atoms with van der Waals surface area (Å²) < 4.78 is 1.32. The van der Waals surface area contributed by atoms with Crippen LogP contribution >= 0.6 is 27.3 Å². The summed E-state index contributed by atoms with van der Waals surface area (Å²) in [5.41, 5.74) is 1.40. The van der Waals surface area contributed by atoms with Crippen molar-refractivity contribution in [2.45, 2.75) is 32.2 Å². The van der Waals surface area contributed by atoms with Gasteiger partial charge in [-0.05, 0) is 53.2 Å². The molecule has 100 valence electrons. The van der Waals surface area contributed by atoms with E-state index < -0.39 is 0 Å². The van der Waals surface area contributed by atoms with E-state index in [1.54, 1.807) is 4.88 Å². The van der Waals surface area contributed by atoms with Crippen LogP contribution in [-0.4, -0.2) is 31.1 Å². The maximum Gasteiger partial charge on any atom is 0.0731 e. The topological polar surface area (TPSA) is 15.3 Å². The van der Waals surface area contributed by atoms with Crippen LogP contribution in [-0.2, 0) is 0 Å². The Balaban J connectivity index is 1.84. The molecule has 2 fully saturated rings. The highest BCUT2D eigenvalue weighted by Gasteiger charge is 2.34. The molecule has 1 atom stereocenters. The van der Waals surface area contributed by atoms with Gasteiger partial charge in [0, 0.05) is 37.1 Å². The second kappa shape index (κ2) is 5.61. The summed E-state index contributed by atoms with van der Waals surface area (Å²) in [5.74, 6) is 0.896. The van der Waals surface area contributed by atoms with Crippen molar-refractivity contribution in [3.05, 3.63) is 20.3 Å². The summed E-state index contributed by atoms with van der Waals surface area (Å²) in [6.45, 7) is 6.91. The number of piperazine rings is 1. The van der Waals surface area contributed by atoms with Gasteiger partial charge in [0.15, 0.2) is 0 Å². The molecule has 4 heteroatoms. The van der Waals surface area contributed by atoms with Gasteiger partial charge < -0.3 is 5.32 Å². The molecule has 0 aromatic carbocycles. The molecule has 1 aliphatic carbocycles. The molecule has 0 amide bonds. The van der Waals surface area contributed by atoms with Gasteiger partial charge in [0.25, 0.3) is 0 Å². The lowest BCUT2D eigenvalue weighted by molar-refractivity contribution is 0.0860. The fraction of sp³-hybridized carbons (Fsp3) is 0.714. The number of hydrogen-bond acceptors (Lipinski definition) is 3. The average Bonchev–Trinajstić information content (AvgIpc) is 2.65. The van der Waals surface area contributed by atoms with Gasteiger partial charge in [-0.25, -0.2) is 0 Å². The highest BCUT2D eigenvalue weighted by molar-refractivity contribution is 9.11. The van der Waals surface area contributed by atoms with Crippen LogP contribution < -0.4 is 5.32 Å². The second-order valence-corrected chi connectivity index (χ2v) is 7.93. The second-order valence-electron chi connectivity index (χ2n) is 5.53. The Kier molecular flexibility index (Phi) is 4.09. The Bertz CT molecular complexity index is 388. The zero-order chi connectivity index (χ0) is 12.5. The van der Waals surface area contributed by atoms with E-state index in [2.05, 4.69) is 39.1 Å². The van der Waals surface area contributed by atoms with Crippen molar-refractivity contribution in [1.29, 1.82) is 0 Å². The standard InChI is InChI=1S/C14H21BrN2S/c1-10-9-12(18-14(10)15)13(11-3-2-4-11)17-7-5-16-6-8-17/h9,11,13,16H,2-8H2,1H3/t13-/m0/s1. The minimum absolute atomic E-state index is 0.677. The number of rotatable bonds is 3. The summed E-state index contributed by atoms with van der Waals surface area (Å²) in [5, 5.41) is 3.47. The monoisotopic (exact) mass is 328 g/mol. The fourth-order valence-electron chi connectivity index (χ4n) is 3.06. The summed E-state index contributed by atoms with van der Waals surface area (Å²) in [7, 11) is 0. The first-order valence-electron chi connectivity index (χ1n) is 6.96. The summed E-state index contributed by atoms with van der Waals surface area (Å²) in [4.78, 5) is 4.28. The van der Waals surface area contributed by atoms with Gasteiger partial charge in [-0.3, -0.25) is 4.90 Å². The van der Waals surface area contributed by atoms with E-state index in [0.29, 0.717) is 6.04 Å². The van der Waals surface area contributed by atoms with Gasteiger partial charge in [0.05, 0.1) is 3.79 Å². The molecular formula is C14H21BrN2S. The van der Waals surface area contributed by atoms with E-state index in [0.717, 1.165) is 19.0 Å².